The molecule has 0 saturated carbocycles. The van der Waals surface area contributed by atoms with Crippen molar-refractivity contribution in [3.05, 3.63) is 29.0 Å². The molecular formula is C14H17ClFNO4. The Labute approximate surface area is 127 Å². The van der Waals surface area contributed by atoms with Crippen LogP contribution in [0.5, 0.6) is 5.75 Å². The molecule has 0 N–H and O–H groups in total. The quantitative estimate of drug-likeness (QED) is 0.754. The number of likely N-dealkylation sites (N-methyl/N-ethyl adjacent to an activating group) is 1. The van der Waals surface area contributed by atoms with Crippen LogP contribution in [0.3, 0.4) is 0 Å². The van der Waals surface area contributed by atoms with Crippen LogP contribution in [0.25, 0.3) is 0 Å². The molecule has 116 valence electrons. The van der Waals surface area contributed by atoms with E-state index in [0.29, 0.717) is 0 Å². The number of hydrogen-bond donors (Lipinski definition) is 0. The monoisotopic (exact) mass is 317 g/mol. The molecule has 1 aromatic carbocycles. The molecule has 0 aliphatic heterocycles. The minimum atomic E-state index is -0.484. The predicted octanol–water partition coefficient (Wildman–Crippen LogP) is 2.13. The van der Waals surface area contributed by atoms with Gasteiger partial charge in [0.15, 0.2) is 6.61 Å². The van der Waals surface area contributed by atoms with Gasteiger partial charge >= 0.3 is 5.97 Å². The van der Waals surface area contributed by atoms with E-state index >= 15 is 0 Å². The van der Waals surface area contributed by atoms with Crippen molar-refractivity contribution in [3.8, 4) is 5.75 Å². The van der Waals surface area contributed by atoms with Gasteiger partial charge in [-0.15, -0.1) is 0 Å². The number of hydrogen-bond acceptors (Lipinski definition) is 4. The lowest BCUT2D eigenvalue weighted by Crippen LogP contribution is -2.37. The Balaban J connectivity index is 2.51. The number of amides is 1. The van der Waals surface area contributed by atoms with Gasteiger partial charge in [0, 0.05) is 13.6 Å². The van der Waals surface area contributed by atoms with Crippen LogP contribution in [0, 0.1) is 11.7 Å². The normalized spacial score (nSPS) is 11.7. The van der Waals surface area contributed by atoms with Gasteiger partial charge in [-0.2, -0.15) is 0 Å². The smallest absolute Gasteiger partial charge is 0.310 e. The average Bonchev–Trinajstić information content (AvgIpc) is 2.44. The summed E-state index contributed by atoms with van der Waals surface area (Å²) < 4.78 is 22.7. The molecule has 21 heavy (non-hydrogen) atoms. The van der Waals surface area contributed by atoms with Crippen molar-refractivity contribution < 1.29 is 23.5 Å². The third-order valence-electron chi connectivity index (χ3n) is 2.82. The highest BCUT2D eigenvalue weighted by Crippen LogP contribution is 2.24. The summed E-state index contributed by atoms with van der Waals surface area (Å²) in [7, 11) is 2.84. The molecule has 0 fully saturated rings. The van der Waals surface area contributed by atoms with Crippen molar-refractivity contribution >= 4 is 23.5 Å². The first kappa shape index (κ1) is 17.2. The maximum Gasteiger partial charge on any atom is 0.310 e. The molecule has 0 aliphatic carbocycles. The van der Waals surface area contributed by atoms with E-state index in [-0.39, 0.29) is 29.8 Å². The fourth-order valence-electron chi connectivity index (χ4n) is 1.63. The number of methoxy groups -OCH3 is 1. The zero-order valence-corrected chi connectivity index (χ0v) is 12.8. The molecule has 1 aromatic rings. The molecule has 5 nitrogen and oxygen atoms in total. The van der Waals surface area contributed by atoms with Crippen LogP contribution in [0.2, 0.25) is 5.02 Å². The molecule has 0 aromatic heterocycles. The SMILES string of the molecule is COC(=O)C(C)CN(C)C(=O)COc1ccc(F)cc1Cl. The molecule has 1 atom stereocenters. The molecule has 0 heterocycles. The Bertz CT molecular complexity index is 524. The minimum absolute atomic E-state index is 0.0911. The molecule has 0 radical (unpaired) electrons. The number of benzene rings is 1. The summed E-state index contributed by atoms with van der Waals surface area (Å²) in [5.41, 5.74) is 0. The Hall–Kier alpha value is -1.82. The topological polar surface area (TPSA) is 55.8 Å². The van der Waals surface area contributed by atoms with Crippen LogP contribution in [0.4, 0.5) is 4.39 Å². The molecule has 1 unspecified atom stereocenters. The van der Waals surface area contributed by atoms with Crippen LogP contribution < -0.4 is 4.74 Å². The Morgan fingerprint density at radius 2 is 2.10 bits per heavy atom. The second-order valence-electron chi connectivity index (χ2n) is 4.56. The summed E-state index contributed by atoms with van der Waals surface area (Å²) in [6.07, 6.45) is 0. The van der Waals surface area contributed by atoms with Crippen LogP contribution in [0.15, 0.2) is 18.2 Å². The van der Waals surface area contributed by atoms with E-state index in [2.05, 4.69) is 4.74 Å². The first-order chi connectivity index (χ1) is 9.85. The molecule has 1 rings (SSSR count). The van der Waals surface area contributed by atoms with E-state index in [1.54, 1.807) is 14.0 Å². The number of halogens is 2. The number of ether oxygens (including phenoxy) is 2. The van der Waals surface area contributed by atoms with Gasteiger partial charge in [0.25, 0.3) is 5.91 Å². The predicted molar refractivity (Wildman–Crippen MR) is 75.7 cm³/mol. The van der Waals surface area contributed by atoms with E-state index < -0.39 is 17.7 Å². The number of nitrogens with zero attached hydrogens (tertiary/aromatic N) is 1. The van der Waals surface area contributed by atoms with Crippen LogP contribution in [0.1, 0.15) is 6.92 Å². The maximum atomic E-state index is 12.9. The molecule has 0 bridgehead atoms. The van der Waals surface area contributed by atoms with E-state index in [1.807, 2.05) is 0 Å². The molecule has 0 spiro atoms. The zero-order chi connectivity index (χ0) is 16.0. The third kappa shape index (κ3) is 5.23. The average molecular weight is 318 g/mol. The van der Waals surface area contributed by atoms with Gasteiger partial charge in [-0.1, -0.05) is 18.5 Å². The highest BCUT2D eigenvalue weighted by molar-refractivity contribution is 6.32. The summed E-state index contributed by atoms with van der Waals surface area (Å²) in [5, 5.41) is 0.0911. The first-order valence-corrected chi connectivity index (χ1v) is 6.62. The van der Waals surface area contributed by atoms with Gasteiger partial charge in [-0.25, -0.2) is 4.39 Å². The summed E-state index contributed by atoms with van der Waals surface area (Å²) in [6, 6.07) is 3.64. The lowest BCUT2D eigenvalue weighted by Gasteiger charge is -2.20. The van der Waals surface area contributed by atoms with Gasteiger partial charge in [-0.05, 0) is 18.2 Å². The summed E-state index contributed by atoms with van der Waals surface area (Å²) in [5.74, 6) is -1.41. The maximum absolute atomic E-state index is 12.9. The molecule has 0 saturated heterocycles. The summed E-state index contributed by atoms with van der Waals surface area (Å²) in [6.45, 7) is 1.62. The van der Waals surface area contributed by atoms with E-state index in [9.17, 15) is 14.0 Å². The number of esters is 1. The van der Waals surface area contributed by atoms with Gasteiger partial charge < -0.3 is 14.4 Å². The van der Waals surface area contributed by atoms with Crippen LogP contribution >= 0.6 is 11.6 Å². The largest absolute Gasteiger partial charge is 0.482 e. The van der Waals surface area contributed by atoms with Gasteiger partial charge in [0.2, 0.25) is 0 Å². The summed E-state index contributed by atoms with van der Waals surface area (Å²) in [4.78, 5) is 24.5. The zero-order valence-electron chi connectivity index (χ0n) is 12.1. The van der Waals surface area contributed by atoms with Crippen molar-refractivity contribution in [2.75, 3.05) is 27.3 Å². The van der Waals surface area contributed by atoms with E-state index in [1.165, 1.54) is 24.1 Å². The fraction of sp³-hybridized carbons (Fsp3) is 0.429. The van der Waals surface area contributed by atoms with Crippen molar-refractivity contribution in [3.63, 3.8) is 0 Å². The number of carbonyl (C=O) groups is 2. The first-order valence-electron chi connectivity index (χ1n) is 6.24. The van der Waals surface area contributed by atoms with Crippen molar-refractivity contribution in [1.82, 2.24) is 4.90 Å². The lowest BCUT2D eigenvalue weighted by atomic mass is 10.2. The molecular weight excluding hydrogens is 301 g/mol. The Morgan fingerprint density at radius 3 is 2.67 bits per heavy atom. The number of carbonyl (C=O) groups excluding carboxylic acids is 2. The Morgan fingerprint density at radius 1 is 1.43 bits per heavy atom. The van der Waals surface area contributed by atoms with E-state index in [4.69, 9.17) is 16.3 Å². The van der Waals surface area contributed by atoms with Gasteiger partial charge in [0.05, 0.1) is 18.1 Å². The Kier molecular flexibility index (Phi) is 6.42. The second-order valence-corrected chi connectivity index (χ2v) is 4.97. The van der Waals surface area contributed by atoms with Crippen molar-refractivity contribution in [1.29, 1.82) is 0 Å². The summed E-state index contributed by atoms with van der Waals surface area (Å²) >= 11 is 5.79. The standard InChI is InChI=1S/C14H17ClFNO4/c1-9(14(19)20-3)7-17(2)13(18)8-21-12-5-4-10(16)6-11(12)15/h4-6,9H,7-8H2,1-3H3. The van der Waals surface area contributed by atoms with Crippen LogP contribution in [-0.4, -0.2) is 44.1 Å². The fourth-order valence-corrected chi connectivity index (χ4v) is 1.85. The van der Waals surface area contributed by atoms with Crippen LogP contribution in [-0.2, 0) is 14.3 Å². The van der Waals surface area contributed by atoms with Gasteiger partial charge in [0.1, 0.15) is 11.6 Å². The second kappa shape index (κ2) is 7.83. The lowest BCUT2D eigenvalue weighted by molar-refractivity contribution is -0.146. The molecule has 1 amide bonds. The minimum Gasteiger partial charge on any atom is -0.482 e. The third-order valence-corrected chi connectivity index (χ3v) is 3.12. The molecule has 7 heteroatoms. The van der Waals surface area contributed by atoms with Crippen molar-refractivity contribution in [2.24, 2.45) is 5.92 Å². The van der Waals surface area contributed by atoms with Gasteiger partial charge in [-0.3, -0.25) is 9.59 Å². The highest BCUT2D eigenvalue weighted by Gasteiger charge is 2.19. The molecule has 0 aliphatic rings. The number of rotatable bonds is 6. The highest BCUT2D eigenvalue weighted by atomic mass is 35.5. The van der Waals surface area contributed by atoms with E-state index in [0.717, 1.165) is 6.07 Å². The van der Waals surface area contributed by atoms with Crippen molar-refractivity contribution in [2.45, 2.75) is 6.92 Å².